The van der Waals surface area contributed by atoms with Gasteiger partial charge in [0.05, 0.1) is 0 Å². The predicted molar refractivity (Wildman–Crippen MR) is 54.4 cm³/mol. The fourth-order valence-electron chi connectivity index (χ4n) is 1.94. The fourth-order valence-corrected chi connectivity index (χ4v) is 1.94. The average Bonchev–Trinajstić information content (AvgIpc) is 2.16. The van der Waals surface area contributed by atoms with Gasteiger partial charge in [-0.2, -0.15) is 0 Å². The normalized spacial score (nSPS) is 18.7. The Bertz CT molecular complexity index is 229. The van der Waals surface area contributed by atoms with Crippen LogP contribution in [0.3, 0.4) is 0 Å². The number of hydrogen-bond donors (Lipinski definition) is 0. The van der Waals surface area contributed by atoms with Crippen LogP contribution in [-0.4, -0.2) is 23.9 Å². The van der Waals surface area contributed by atoms with Crippen molar-refractivity contribution in [3.63, 3.8) is 0 Å². The Kier molecular flexibility index (Phi) is 3.67. The van der Waals surface area contributed by atoms with Crippen molar-refractivity contribution >= 4 is 5.91 Å². The third-order valence-corrected chi connectivity index (χ3v) is 3.00. The lowest BCUT2D eigenvalue weighted by molar-refractivity contribution is -0.130. The van der Waals surface area contributed by atoms with Gasteiger partial charge in [-0.3, -0.25) is 4.79 Å². The molecule has 1 fully saturated rings. The van der Waals surface area contributed by atoms with Crippen LogP contribution in [0.2, 0.25) is 0 Å². The summed E-state index contributed by atoms with van der Waals surface area (Å²) in [4.78, 5) is 12.8. The van der Waals surface area contributed by atoms with Crippen molar-refractivity contribution in [1.29, 1.82) is 0 Å². The van der Waals surface area contributed by atoms with Crippen molar-refractivity contribution in [3.8, 4) is 0 Å². The molecule has 0 atom stereocenters. The molecule has 1 amide bonds. The highest BCUT2D eigenvalue weighted by molar-refractivity contribution is 5.90. The first kappa shape index (κ1) is 11.2. The van der Waals surface area contributed by atoms with Gasteiger partial charge in [-0.05, 0) is 24.7 Å². The number of carbonyl (C=O) groups excluding carboxylic acids is 1. The Labute approximate surface area is 84.8 Å². The quantitative estimate of drug-likeness (QED) is 0.625. The Morgan fingerprint density at radius 1 is 1.43 bits per heavy atom. The third-order valence-electron chi connectivity index (χ3n) is 3.00. The van der Waals surface area contributed by atoms with Crippen LogP contribution >= 0.6 is 0 Å². The predicted octanol–water partition coefficient (Wildman–Crippen LogP) is 2.36. The minimum atomic E-state index is -0.840. The number of rotatable bonds is 2. The summed E-state index contributed by atoms with van der Waals surface area (Å²) in [5.41, 5.74) is 0. The molecule has 0 bridgehead atoms. The van der Waals surface area contributed by atoms with Gasteiger partial charge in [0.15, 0.2) is 5.83 Å². The molecule has 0 radical (unpaired) electrons. The van der Waals surface area contributed by atoms with Crippen LogP contribution in [0.1, 0.15) is 26.7 Å². The molecule has 0 unspecified atom stereocenters. The molecule has 0 aliphatic carbocycles. The van der Waals surface area contributed by atoms with E-state index in [1.165, 1.54) is 0 Å². The summed E-state index contributed by atoms with van der Waals surface area (Å²) in [5, 5.41) is 0. The molecule has 0 saturated carbocycles. The van der Waals surface area contributed by atoms with Gasteiger partial charge < -0.3 is 4.90 Å². The molecule has 80 valence electrons. The molecule has 0 aromatic rings. The van der Waals surface area contributed by atoms with Gasteiger partial charge in [0.2, 0.25) is 0 Å². The molecular formula is C11H18FNO. The Hall–Kier alpha value is -0.860. The van der Waals surface area contributed by atoms with Gasteiger partial charge in [-0.15, -0.1) is 0 Å². The van der Waals surface area contributed by atoms with Gasteiger partial charge in [0, 0.05) is 13.1 Å². The number of piperidine rings is 1. The first-order valence-corrected chi connectivity index (χ1v) is 5.16. The largest absolute Gasteiger partial charge is 0.337 e. The molecule has 0 aromatic heterocycles. The van der Waals surface area contributed by atoms with E-state index in [4.69, 9.17) is 0 Å². The third kappa shape index (κ3) is 2.56. The second-order valence-corrected chi connectivity index (χ2v) is 4.28. The summed E-state index contributed by atoms with van der Waals surface area (Å²) in [7, 11) is 0. The zero-order valence-corrected chi connectivity index (χ0v) is 8.92. The van der Waals surface area contributed by atoms with Gasteiger partial charge in [-0.1, -0.05) is 20.4 Å². The first-order valence-electron chi connectivity index (χ1n) is 5.16. The zero-order valence-electron chi connectivity index (χ0n) is 8.92. The second kappa shape index (κ2) is 4.58. The van der Waals surface area contributed by atoms with Gasteiger partial charge in [0.1, 0.15) is 0 Å². The van der Waals surface area contributed by atoms with Gasteiger partial charge >= 0.3 is 0 Å². The maximum atomic E-state index is 12.5. The van der Waals surface area contributed by atoms with Crippen LogP contribution in [-0.2, 0) is 4.79 Å². The summed E-state index contributed by atoms with van der Waals surface area (Å²) < 4.78 is 12.5. The molecule has 2 nitrogen and oxygen atoms in total. The minimum absolute atomic E-state index is 0.535. The van der Waals surface area contributed by atoms with Crippen LogP contribution in [0, 0.1) is 11.8 Å². The summed E-state index contributed by atoms with van der Waals surface area (Å²) >= 11 is 0. The fraction of sp³-hybridized carbons (Fsp3) is 0.727. The molecule has 1 aliphatic rings. The molecule has 0 spiro atoms. The Morgan fingerprint density at radius 3 is 2.29 bits per heavy atom. The lowest BCUT2D eigenvalue weighted by atomic mass is 9.87. The van der Waals surface area contributed by atoms with E-state index in [-0.39, 0.29) is 0 Å². The smallest absolute Gasteiger partial charge is 0.281 e. The summed E-state index contributed by atoms with van der Waals surface area (Å²) in [6.45, 7) is 8.75. The molecule has 1 rings (SSSR count). The standard InChI is InChI=1S/C11H18FNO/c1-8(2)10-4-6-13(7-5-10)11(14)9(3)12/h8,10H,3-7H2,1-2H3. The van der Waals surface area contributed by atoms with Crippen molar-refractivity contribution in [3.05, 3.63) is 12.4 Å². The van der Waals surface area contributed by atoms with Gasteiger partial charge in [-0.25, -0.2) is 4.39 Å². The SMILES string of the molecule is C=C(F)C(=O)N1CCC(C(C)C)CC1. The monoisotopic (exact) mass is 199 g/mol. The number of hydrogen-bond acceptors (Lipinski definition) is 1. The number of amides is 1. The molecule has 1 heterocycles. The van der Waals surface area contributed by atoms with E-state index in [0.29, 0.717) is 24.9 Å². The van der Waals surface area contributed by atoms with E-state index in [1.54, 1.807) is 4.90 Å². The summed E-state index contributed by atoms with van der Waals surface area (Å²) in [6, 6.07) is 0. The topological polar surface area (TPSA) is 20.3 Å². The molecule has 0 aromatic carbocycles. The second-order valence-electron chi connectivity index (χ2n) is 4.28. The highest BCUT2D eigenvalue weighted by Gasteiger charge is 2.25. The number of nitrogens with zero attached hydrogens (tertiary/aromatic N) is 1. The van der Waals surface area contributed by atoms with Crippen molar-refractivity contribution < 1.29 is 9.18 Å². The molecule has 0 N–H and O–H groups in total. The molecule has 14 heavy (non-hydrogen) atoms. The minimum Gasteiger partial charge on any atom is -0.337 e. The maximum Gasteiger partial charge on any atom is 0.281 e. The van der Waals surface area contributed by atoms with E-state index in [9.17, 15) is 9.18 Å². The Balaban J connectivity index is 2.43. The lowest BCUT2D eigenvalue weighted by Crippen LogP contribution is -2.39. The molecule has 1 aliphatic heterocycles. The molecule has 3 heteroatoms. The van der Waals surface area contributed by atoms with E-state index >= 15 is 0 Å². The molecular weight excluding hydrogens is 181 g/mol. The van der Waals surface area contributed by atoms with E-state index in [2.05, 4.69) is 20.4 Å². The zero-order chi connectivity index (χ0) is 10.7. The van der Waals surface area contributed by atoms with Crippen molar-refractivity contribution in [2.24, 2.45) is 11.8 Å². The number of likely N-dealkylation sites (tertiary alicyclic amines) is 1. The van der Waals surface area contributed by atoms with Crippen LogP contribution in [0.25, 0.3) is 0 Å². The molecule has 1 saturated heterocycles. The summed E-state index contributed by atoms with van der Waals surface area (Å²) in [6.07, 6.45) is 1.97. The van der Waals surface area contributed by atoms with Crippen LogP contribution in [0.4, 0.5) is 4.39 Å². The Morgan fingerprint density at radius 2 is 1.93 bits per heavy atom. The average molecular weight is 199 g/mol. The highest BCUT2D eigenvalue weighted by atomic mass is 19.1. The van der Waals surface area contributed by atoms with Crippen LogP contribution in [0.5, 0.6) is 0 Å². The number of halogens is 1. The van der Waals surface area contributed by atoms with Crippen molar-refractivity contribution in [2.45, 2.75) is 26.7 Å². The maximum absolute atomic E-state index is 12.5. The van der Waals surface area contributed by atoms with Crippen molar-refractivity contribution in [2.75, 3.05) is 13.1 Å². The summed E-state index contributed by atoms with van der Waals surface area (Å²) in [5.74, 6) is -0.0482. The van der Waals surface area contributed by atoms with Crippen molar-refractivity contribution in [1.82, 2.24) is 4.90 Å². The van der Waals surface area contributed by atoms with E-state index < -0.39 is 11.7 Å². The lowest BCUT2D eigenvalue weighted by Gasteiger charge is -2.33. The van der Waals surface area contributed by atoms with Crippen LogP contribution < -0.4 is 0 Å². The number of carbonyl (C=O) groups is 1. The van der Waals surface area contributed by atoms with Gasteiger partial charge in [0.25, 0.3) is 5.91 Å². The highest BCUT2D eigenvalue weighted by Crippen LogP contribution is 2.24. The van der Waals surface area contributed by atoms with E-state index in [0.717, 1.165) is 12.8 Å². The first-order chi connectivity index (χ1) is 6.52. The van der Waals surface area contributed by atoms with Crippen LogP contribution in [0.15, 0.2) is 12.4 Å². The van der Waals surface area contributed by atoms with E-state index in [1.807, 2.05) is 0 Å².